The lowest BCUT2D eigenvalue weighted by Crippen LogP contribution is -2.49. The third kappa shape index (κ3) is 2.35. The van der Waals surface area contributed by atoms with E-state index in [0.717, 1.165) is 35.0 Å². The largest absolute Gasteiger partial charge is 0.496 e. The molecule has 18 heavy (non-hydrogen) atoms. The molecule has 1 aromatic rings. The molecule has 3 nitrogen and oxygen atoms in total. The predicted molar refractivity (Wildman–Crippen MR) is 75.7 cm³/mol. The van der Waals surface area contributed by atoms with Crippen molar-refractivity contribution in [2.75, 3.05) is 20.2 Å². The molecule has 1 saturated heterocycles. The maximum absolute atomic E-state index is 6.37. The van der Waals surface area contributed by atoms with Gasteiger partial charge in [0.2, 0.25) is 0 Å². The van der Waals surface area contributed by atoms with Gasteiger partial charge in [-0.2, -0.15) is 0 Å². The summed E-state index contributed by atoms with van der Waals surface area (Å²) in [7, 11) is 1.71. The average molecular weight is 269 g/mol. The van der Waals surface area contributed by atoms with Crippen LogP contribution in [-0.4, -0.2) is 26.2 Å². The standard InChI is InChI=1S/C14H21ClN2O/c1-8-7-11(18-4)12(9(2)13(8)15)14-10(3)16-5-6-17-14/h7,10,14,16-17H,5-6H2,1-4H3. The van der Waals surface area contributed by atoms with Crippen LogP contribution in [0.2, 0.25) is 5.02 Å². The van der Waals surface area contributed by atoms with E-state index >= 15 is 0 Å². The van der Waals surface area contributed by atoms with E-state index in [-0.39, 0.29) is 6.04 Å². The summed E-state index contributed by atoms with van der Waals surface area (Å²) in [6.45, 7) is 8.22. The number of halogens is 1. The Labute approximate surface area is 114 Å². The summed E-state index contributed by atoms with van der Waals surface area (Å²) < 4.78 is 5.54. The molecule has 2 N–H and O–H groups in total. The highest BCUT2D eigenvalue weighted by molar-refractivity contribution is 6.32. The molecule has 0 amide bonds. The smallest absolute Gasteiger partial charge is 0.124 e. The van der Waals surface area contributed by atoms with E-state index in [2.05, 4.69) is 24.5 Å². The zero-order chi connectivity index (χ0) is 13.3. The molecule has 1 fully saturated rings. The van der Waals surface area contributed by atoms with E-state index < -0.39 is 0 Å². The van der Waals surface area contributed by atoms with Gasteiger partial charge in [-0.15, -0.1) is 0 Å². The average Bonchev–Trinajstić information content (AvgIpc) is 2.37. The fourth-order valence-electron chi connectivity index (χ4n) is 2.67. The second-order valence-corrected chi connectivity index (χ2v) is 5.30. The lowest BCUT2D eigenvalue weighted by Gasteiger charge is -2.33. The summed E-state index contributed by atoms with van der Waals surface area (Å²) in [5.41, 5.74) is 3.35. The number of ether oxygens (including phenoxy) is 1. The molecule has 0 aliphatic carbocycles. The molecule has 0 radical (unpaired) electrons. The van der Waals surface area contributed by atoms with Crippen LogP contribution in [0.1, 0.15) is 29.7 Å². The molecule has 1 aliphatic heterocycles. The first-order chi connectivity index (χ1) is 8.56. The zero-order valence-corrected chi connectivity index (χ0v) is 12.2. The van der Waals surface area contributed by atoms with E-state index in [1.165, 1.54) is 5.56 Å². The number of benzene rings is 1. The lowest BCUT2D eigenvalue weighted by molar-refractivity contribution is 0.329. The molecule has 1 heterocycles. The third-order valence-corrected chi connectivity index (χ3v) is 4.26. The maximum atomic E-state index is 6.37. The minimum absolute atomic E-state index is 0.242. The van der Waals surface area contributed by atoms with Gasteiger partial charge in [0.25, 0.3) is 0 Å². The first-order valence-electron chi connectivity index (χ1n) is 6.36. The van der Waals surface area contributed by atoms with Crippen molar-refractivity contribution in [3.05, 3.63) is 27.8 Å². The molecule has 0 bridgehead atoms. The Morgan fingerprint density at radius 2 is 1.94 bits per heavy atom. The van der Waals surface area contributed by atoms with Gasteiger partial charge in [0.15, 0.2) is 0 Å². The van der Waals surface area contributed by atoms with Crippen molar-refractivity contribution in [2.24, 2.45) is 0 Å². The van der Waals surface area contributed by atoms with Crippen molar-refractivity contribution in [3.63, 3.8) is 0 Å². The molecule has 100 valence electrons. The zero-order valence-electron chi connectivity index (χ0n) is 11.4. The number of aryl methyl sites for hydroxylation is 1. The molecular weight excluding hydrogens is 248 g/mol. The Balaban J connectivity index is 2.51. The number of hydrogen-bond acceptors (Lipinski definition) is 3. The van der Waals surface area contributed by atoms with Gasteiger partial charge in [-0.25, -0.2) is 0 Å². The van der Waals surface area contributed by atoms with Crippen LogP contribution in [0.5, 0.6) is 5.75 Å². The Morgan fingerprint density at radius 1 is 1.28 bits per heavy atom. The summed E-state index contributed by atoms with van der Waals surface area (Å²) in [4.78, 5) is 0. The van der Waals surface area contributed by atoms with Crippen LogP contribution in [-0.2, 0) is 0 Å². The Hall–Kier alpha value is -0.770. The van der Waals surface area contributed by atoms with Crippen LogP contribution in [0.25, 0.3) is 0 Å². The fraction of sp³-hybridized carbons (Fsp3) is 0.571. The van der Waals surface area contributed by atoms with Crippen LogP contribution in [0.4, 0.5) is 0 Å². The summed E-state index contributed by atoms with van der Waals surface area (Å²) in [6, 6.07) is 2.63. The van der Waals surface area contributed by atoms with Gasteiger partial charge in [0, 0.05) is 29.7 Å². The molecule has 1 aromatic carbocycles. The summed E-state index contributed by atoms with van der Waals surface area (Å²) in [6.07, 6.45) is 0. The minimum Gasteiger partial charge on any atom is -0.496 e. The highest BCUT2D eigenvalue weighted by atomic mass is 35.5. The van der Waals surface area contributed by atoms with Gasteiger partial charge in [0.1, 0.15) is 5.75 Å². The molecule has 4 heteroatoms. The van der Waals surface area contributed by atoms with Crippen LogP contribution >= 0.6 is 11.6 Å². The summed E-state index contributed by atoms with van der Waals surface area (Å²) in [5.74, 6) is 0.919. The molecule has 0 saturated carbocycles. The first-order valence-corrected chi connectivity index (χ1v) is 6.74. The van der Waals surface area contributed by atoms with Crippen molar-refractivity contribution in [1.29, 1.82) is 0 Å². The second kappa shape index (κ2) is 5.47. The highest BCUT2D eigenvalue weighted by Crippen LogP contribution is 2.37. The van der Waals surface area contributed by atoms with E-state index in [4.69, 9.17) is 16.3 Å². The van der Waals surface area contributed by atoms with Gasteiger partial charge in [0.05, 0.1) is 13.2 Å². The van der Waals surface area contributed by atoms with E-state index in [1.807, 2.05) is 13.0 Å². The molecule has 2 atom stereocenters. The highest BCUT2D eigenvalue weighted by Gasteiger charge is 2.27. The van der Waals surface area contributed by atoms with Crippen molar-refractivity contribution < 1.29 is 4.74 Å². The lowest BCUT2D eigenvalue weighted by atomic mass is 9.92. The van der Waals surface area contributed by atoms with Gasteiger partial charge in [-0.3, -0.25) is 0 Å². The number of piperazine rings is 1. The van der Waals surface area contributed by atoms with E-state index in [9.17, 15) is 0 Å². The summed E-state index contributed by atoms with van der Waals surface area (Å²) in [5, 5.41) is 7.87. The molecular formula is C14H21ClN2O. The topological polar surface area (TPSA) is 33.3 Å². The normalized spacial score (nSPS) is 24.1. The van der Waals surface area contributed by atoms with E-state index in [0.29, 0.717) is 6.04 Å². The number of hydrogen-bond donors (Lipinski definition) is 2. The Morgan fingerprint density at radius 3 is 2.56 bits per heavy atom. The Kier molecular flexibility index (Phi) is 4.15. The minimum atomic E-state index is 0.242. The maximum Gasteiger partial charge on any atom is 0.124 e. The number of rotatable bonds is 2. The van der Waals surface area contributed by atoms with Gasteiger partial charge < -0.3 is 15.4 Å². The quantitative estimate of drug-likeness (QED) is 0.865. The molecule has 0 aromatic heterocycles. The van der Waals surface area contributed by atoms with Crippen LogP contribution in [0, 0.1) is 13.8 Å². The number of nitrogens with one attached hydrogen (secondary N) is 2. The van der Waals surface area contributed by atoms with Crippen molar-refractivity contribution in [1.82, 2.24) is 10.6 Å². The van der Waals surface area contributed by atoms with Crippen LogP contribution in [0.15, 0.2) is 6.07 Å². The van der Waals surface area contributed by atoms with Gasteiger partial charge in [-0.05, 0) is 38.0 Å². The van der Waals surface area contributed by atoms with Crippen molar-refractivity contribution >= 4 is 11.6 Å². The molecule has 0 spiro atoms. The monoisotopic (exact) mass is 268 g/mol. The first kappa shape index (κ1) is 13.7. The third-order valence-electron chi connectivity index (χ3n) is 3.68. The second-order valence-electron chi connectivity index (χ2n) is 4.92. The van der Waals surface area contributed by atoms with Crippen molar-refractivity contribution in [2.45, 2.75) is 32.9 Å². The fourth-order valence-corrected chi connectivity index (χ4v) is 2.82. The van der Waals surface area contributed by atoms with Crippen LogP contribution < -0.4 is 15.4 Å². The summed E-state index contributed by atoms with van der Waals surface area (Å²) >= 11 is 6.37. The van der Waals surface area contributed by atoms with Gasteiger partial charge >= 0.3 is 0 Å². The molecule has 2 unspecified atom stereocenters. The van der Waals surface area contributed by atoms with Gasteiger partial charge in [-0.1, -0.05) is 11.6 Å². The van der Waals surface area contributed by atoms with E-state index in [1.54, 1.807) is 7.11 Å². The van der Waals surface area contributed by atoms with Crippen LogP contribution in [0.3, 0.4) is 0 Å². The predicted octanol–water partition coefficient (Wildman–Crippen LogP) is 2.59. The molecule has 1 aliphatic rings. The SMILES string of the molecule is COc1cc(C)c(Cl)c(C)c1C1NCCNC1C. The number of methoxy groups -OCH3 is 1. The van der Waals surface area contributed by atoms with Crippen molar-refractivity contribution in [3.8, 4) is 5.75 Å². The Bertz CT molecular complexity index is 448. The molecule has 2 rings (SSSR count).